The zero-order chi connectivity index (χ0) is 15.1. The molecular formula is C15H19Br2NO2. The Morgan fingerprint density at radius 1 is 1.15 bits per heavy atom. The van der Waals surface area contributed by atoms with Crippen LogP contribution in [0.3, 0.4) is 0 Å². The molecule has 1 aliphatic rings. The molecule has 0 atom stereocenters. The van der Waals surface area contributed by atoms with E-state index in [4.69, 9.17) is 4.74 Å². The van der Waals surface area contributed by atoms with Crippen molar-refractivity contribution in [2.24, 2.45) is 0 Å². The van der Waals surface area contributed by atoms with Crippen LogP contribution in [0, 0.1) is 0 Å². The monoisotopic (exact) mass is 403 g/mol. The van der Waals surface area contributed by atoms with Crippen molar-refractivity contribution < 1.29 is 9.53 Å². The van der Waals surface area contributed by atoms with Crippen molar-refractivity contribution in [2.75, 3.05) is 13.1 Å². The zero-order valence-corrected chi connectivity index (χ0v) is 15.3. The van der Waals surface area contributed by atoms with E-state index in [1.54, 1.807) is 0 Å². The van der Waals surface area contributed by atoms with E-state index in [1.165, 1.54) is 0 Å². The molecule has 0 unspecified atom stereocenters. The van der Waals surface area contributed by atoms with Gasteiger partial charge >= 0.3 is 0 Å². The van der Waals surface area contributed by atoms with Crippen molar-refractivity contribution in [2.45, 2.75) is 38.9 Å². The number of morpholine rings is 1. The van der Waals surface area contributed by atoms with Crippen LogP contribution in [-0.2, 0) is 4.74 Å². The summed E-state index contributed by atoms with van der Waals surface area (Å²) in [6.07, 6.45) is 0. The fraction of sp³-hybridized carbons (Fsp3) is 0.533. The van der Waals surface area contributed by atoms with Crippen LogP contribution in [0.25, 0.3) is 0 Å². The van der Waals surface area contributed by atoms with Gasteiger partial charge in [0.25, 0.3) is 5.91 Å². The van der Waals surface area contributed by atoms with Gasteiger partial charge in [-0.3, -0.25) is 4.79 Å². The van der Waals surface area contributed by atoms with E-state index in [0.29, 0.717) is 18.7 Å². The Hall–Kier alpha value is -0.390. The van der Waals surface area contributed by atoms with Crippen LogP contribution in [0.1, 0.15) is 38.1 Å². The third-order valence-corrected chi connectivity index (χ3v) is 4.33. The molecule has 1 aromatic carbocycles. The number of benzene rings is 1. The molecule has 110 valence electrons. The number of halogens is 2. The summed E-state index contributed by atoms with van der Waals surface area (Å²) >= 11 is 6.87. The van der Waals surface area contributed by atoms with Crippen LogP contribution in [0.2, 0.25) is 0 Å². The van der Waals surface area contributed by atoms with Gasteiger partial charge in [0.05, 0.1) is 16.8 Å². The second-order valence-electron chi connectivity index (χ2n) is 6.41. The molecular weight excluding hydrogens is 386 g/mol. The van der Waals surface area contributed by atoms with Crippen molar-refractivity contribution in [3.8, 4) is 0 Å². The lowest BCUT2D eigenvalue weighted by atomic mass is 9.98. The Labute approximate surface area is 136 Å². The van der Waals surface area contributed by atoms with Crippen molar-refractivity contribution in [3.63, 3.8) is 0 Å². The summed E-state index contributed by atoms with van der Waals surface area (Å²) in [5.74, 6) is 0.0302. The zero-order valence-electron chi connectivity index (χ0n) is 12.2. The number of hydrogen-bond donors (Lipinski definition) is 0. The molecule has 1 heterocycles. The molecule has 1 amide bonds. The van der Waals surface area contributed by atoms with Crippen LogP contribution in [0.15, 0.2) is 27.1 Å². The lowest BCUT2D eigenvalue weighted by Crippen LogP contribution is -2.58. The third-order valence-electron chi connectivity index (χ3n) is 3.14. The van der Waals surface area contributed by atoms with Crippen molar-refractivity contribution in [1.82, 2.24) is 4.90 Å². The molecule has 0 spiro atoms. The van der Waals surface area contributed by atoms with E-state index >= 15 is 0 Å². The lowest BCUT2D eigenvalue weighted by molar-refractivity contribution is -0.171. The van der Waals surface area contributed by atoms with Gasteiger partial charge in [-0.15, -0.1) is 0 Å². The molecule has 20 heavy (non-hydrogen) atoms. The second-order valence-corrected chi connectivity index (χ2v) is 8.18. The molecule has 0 bridgehead atoms. The molecule has 5 heteroatoms. The first-order valence-corrected chi connectivity index (χ1v) is 8.13. The summed E-state index contributed by atoms with van der Waals surface area (Å²) < 4.78 is 7.73. The van der Waals surface area contributed by atoms with Crippen molar-refractivity contribution in [3.05, 3.63) is 32.7 Å². The lowest BCUT2D eigenvalue weighted by Gasteiger charge is -2.47. The number of amides is 1. The molecule has 1 aliphatic heterocycles. The molecule has 1 fully saturated rings. The minimum Gasteiger partial charge on any atom is -0.366 e. The average Bonchev–Trinajstić information content (AvgIpc) is 2.27. The van der Waals surface area contributed by atoms with Gasteiger partial charge in [-0.1, -0.05) is 15.9 Å². The van der Waals surface area contributed by atoms with Gasteiger partial charge in [0.2, 0.25) is 0 Å². The fourth-order valence-electron chi connectivity index (χ4n) is 2.76. The average molecular weight is 405 g/mol. The standard InChI is InChI=1S/C15H19Br2NO2/c1-14(2)8-18(9-15(3,4)20-14)13(19)11-7-10(16)5-6-12(11)17/h5-7H,8-9H2,1-4H3. The first-order valence-electron chi connectivity index (χ1n) is 6.54. The number of hydrogen-bond acceptors (Lipinski definition) is 2. The maximum absolute atomic E-state index is 12.8. The Bertz CT molecular complexity index is 525. The summed E-state index contributed by atoms with van der Waals surface area (Å²) in [6.45, 7) is 9.25. The molecule has 0 aromatic heterocycles. The van der Waals surface area contributed by atoms with Crippen LogP contribution >= 0.6 is 31.9 Å². The Morgan fingerprint density at radius 2 is 1.70 bits per heavy atom. The Kier molecular flexibility index (Phi) is 4.34. The number of carbonyl (C=O) groups is 1. The topological polar surface area (TPSA) is 29.5 Å². The third kappa shape index (κ3) is 3.62. The first kappa shape index (κ1) is 16.0. The van der Waals surface area contributed by atoms with E-state index in [-0.39, 0.29) is 17.1 Å². The predicted octanol–water partition coefficient (Wildman–Crippen LogP) is 4.24. The minimum absolute atomic E-state index is 0.0302. The van der Waals surface area contributed by atoms with Gasteiger partial charge < -0.3 is 9.64 Å². The summed E-state index contributed by atoms with van der Waals surface area (Å²) in [5, 5.41) is 0. The summed E-state index contributed by atoms with van der Waals surface area (Å²) in [4.78, 5) is 14.6. The summed E-state index contributed by atoms with van der Waals surface area (Å²) in [5.41, 5.74) is -0.000846. The number of carbonyl (C=O) groups excluding carboxylic acids is 1. The Balaban J connectivity index is 2.31. The fourth-order valence-corrected chi connectivity index (χ4v) is 3.54. The maximum atomic E-state index is 12.8. The van der Waals surface area contributed by atoms with E-state index < -0.39 is 0 Å². The van der Waals surface area contributed by atoms with Gasteiger partial charge in [0, 0.05) is 22.0 Å². The van der Waals surface area contributed by atoms with Crippen LogP contribution < -0.4 is 0 Å². The SMILES string of the molecule is CC1(C)CN(C(=O)c2cc(Br)ccc2Br)CC(C)(C)O1. The summed E-state index contributed by atoms with van der Waals surface area (Å²) in [6, 6.07) is 5.64. The van der Waals surface area contributed by atoms with Gasteiger partial charge in [-0.2, -0.15) is 0 Å². The van der Waals surface area contributed by atoms with Crippen molar-refractivity contribution >= 4 is 37.8 Å². The maximum Gasteiger partial charge on any atom is 0.255 e. The second kappa shape index (κ2) is 5.43. The normalized spacial score (nSPS) is 20.8. The molecule has 3 nitrogen and oxygen atoms in total. The largest absolute Gasteiger partial charge is 0.366 e. The highest BCUT2D eigenvalue weighted by molar-refractivity contribution is 9.11. The molecule has 1 saturated heterocycles. The number of nitrogens with zero attached hydrogens (tertiary/aromatic N) is 1. The molecule has 2 rings (SSSR count). The van der Waals surface area contributed by atoms with Crippen molar-refractivity contribution in [1.29, 1.82) is 0 Å². The van der Waals surface area contributed by atoms with E-state index in [1.807, 2.05) is 50.8 Å². The molecule has 1 aromatic rings. The van der Waals surface area contributed by atoms with Gasteiger partial charge in [-0.25, -0.2) is 0 Å². The van der Waals surface area contributed by atoms with Crippen LogP contribution in [-0.4, -0.2) is 35.1 Å². The number of rotatable bonds is 1. The van der Waals surface area contributed by atoms with Gasteiger partial charge in [0.1, 0.15) is 0 Å². The highest BCUT2D eigenvalue weighted by atomic mass is 79.9. The van der Waals surface area contributed by atoms with Gasteiger partial charge in [0.15, 0.2) is 0 Å². The minimum atomic E-state index is -0.337. The van der Waals surface area contributed by atoms with E-state index in [9.17, 15) is 4.79 Å². The molecule has 0 saturated carbocycles. The van der Waals surface area contributed by atoms with Crippen LogP contribution in [0.4, 0.5) is 0 Å². The first-order chi connectivity index (χ1) is 9.10. The highest BCUT2D eigenvalue weighted by Crippen LogP contribution is 2.30. The van der Waals surface area contributed by atoms with Gasteiger partial charge in [-0.05, 0) is 61.8 Å². The summed E-state index contributed by atoms with van der Waals surface area (Å²) in [7, 11) is 0. The smallest absolute Gasteiger partial charge is 0.255 e. The van der Waals surface area contributed by atoms with Crippen LogP contribution in [0.5, 0.6) is 0 Å². The molecule has 0 N–H and O–H groups in total. The molecule has 0 aliphatic carbocycles. The number of ether oxygens (including phenoxy) is 1. The predicted molar refractivity (Wildman–Crippen MR) is 87.0 cm³/mol. The molecule has 0 radical (unpaired) electrons. The Morgan fingerprint density at radius 3 is 2.25 bits per heavy atom. The van der Waals surface area contributed by atoms with E-state index in [0.717, 1.165) is 8.95 Å². The quantitative estimate of drug-likeness (QED) is 0.700. The van der Waals surface area contributed by atoms with E-state index in [2.05, 4.69) is 31.9 Å². The highest BCUT2D eigenvalue weighted by Gasteiger charge is 2.40.